The fourth-order valence-corrected chi connectivity index (χ4v) is 1.84. The van der Waals surface area contributed by atoms with Crippen molar-refractivity contribution >= 4 is 23.4 Å². The molecule has 1 aromatic carbocycles. The lowest BCUT2D eigenvalue weighted by Crippen LogP contribution is -2.45. The maximum absolute atomic E-state index is 12.2. The fourth-order valence-electron chi connectivity index (χ4n) is 1.84. The van der Waals surface area contributed by atoms with Crippen molar-refractivity contribution in [1.29, 1.82) is 5.26 Å². The number of carbonyl (C=O) groups excluding carboxylic acids is 3. The number of amides is 3. The predicted molar refractivity (Wildman–Crippen MR) is 80.6 cm³/mol. The van der Waals surface area contributed by atoms with Gasteiger partial charge in [0.15, 0.2) is 0 Å². The summed E-state index contributed by atoms with van der Waals surface area (Å²) in [7, 11) is 0. The van der Waals surface area contributed by atoms with Crippen molar-refractivity contribution in [2.75, 3.05) is 5.32 Å². The molecule has 0 fully saturated rings. The highest BCUT2D eigenvalue weighted by molar-refractivity contribution is 5.99. The predicted octanol–water partition coefficient (Wildman–Crippen LogP) is 0.778. The maximum atomic E-state index is 12.2. The molecule has 0 saturated carbocycles. The number of primary amides is 1. The number of hydrogen-bond acceptors (Lipinski definition) is 4. The van der Waals surface area contributed by atoms with E-state index in [9.17, 15) is 14.4 Å². The van der Waals surface area contributed by atoms with Crippen LogP contribution in [-0.2, 0) is 9.59 Å². The first-order valence-corrected chi connectivity index (χ1v) is 6.71. The van der Waals surface area contributed by atoms with Crippen molar-refractivity contribution in [2.24, 2.45) is 11.7 Å². The van der Waals surface area contributed by atoms with E-state index < -0.39 is 23.8 Å². The van der Waals surface area contributed by atoms with Crippen LogP contribution in [0.15, 0.2) is 24.3 Å². The van der Waals surface area contributed by atoms with Gasteiger partial charge in [-0.2, -0.15) is 5.26 Å². The molecule has 0 bridgehead atoms. The molecule has 0 radical (unpaired) electrons. The Labute approximate surface area is 128 Å². The van der Waals surface area contributed by atoms with Gasteiger partial charge in [-0.1, -0.05) is 6.07 Å². The highest BCUT2D eigenvalue weighted by Crippen LogP contribution is 2.12. The van der Waals surface area contributed by atoms with E-state index >= 15 is 0 Å². The SMILES string of the molecule is CC(=O)Nc1cccc(C(=O)N[C@H](C[C@H](C)C#N)C(N)=O)c1. The first kappa shape index (κ1) is 17.2. The average Bonchev–Trinajstić information content (AvgIpc) is 2.45. The van der Waals surface area contributed by atoms with Crippen molar-refractivity contribution in [3.8, 4) is 6.07 Å². The Kier molecular flexibility index (Phi) is 6.08. The molecule has 0 aliphatic heterocycles. The van der Waals surface area contributed by atoms with Crippen molar-refractivity contribution in [2.45, 2.75) is 26.3 Å². The third-order valence-corrected chi connectivity index (χ3v) is 2.90. The standard InChI is InChI=1S/C15H18N4O3/c1-9(8-16)6-13(14(17)21)19-15(22)11-4-3-5-12(7-11)18-10(2)20/h3-5,7,9,13H,6H2,1-2H3,(H2,17,21)(H,18,20)(H,19,22)/t9-,13+/m0/s1. The summed E-state index contributed by atoms with van der Waals surface area (Å²) in [4.78, 5) is 34.5. The lowest BCUT2D eigenvalue weighted by atomic mass is 10.0. The summed E-state index contributed by atoms with van der Waals surface area (Å²) in [6.07, 6.45) is 0.142. The maximum Gasteiger partial charge on any atom is 0.252 e. The van der Waals surface area contributed by atoms with Crippen LogP contribution in [0.5, 0.6) is 0 Å². The van der Waals surface area contributed by atoms with Gasteiger partial charge in [-0.25, -0.2) is 0 Å². The van der Waals surface area contributed by atoms with E-state index in [2.05, 4.69) is 10.6 Å². The minimum Gasteiger partial charge on any atom is -0.368 e. The van der Waals surface area contributed by atoms with Crippen LogP contribution in [0, 0.1) is 17.2 Å². The van der Waals surface area contributed by atoms with E-state index in [0.29, 0.717) is 5.69 Å². The van der Waals surface area contributed by atoms with Gasteiger partial charge in [0.05, 0.1) is 6.07 Å². The van der Waals surface area contributed by atoms with Crippen LogP contribution < -0.4 is 16.4 Å². The van der Waals surface area contributed by atoms with Crippen molar-refractivity contribution in [3.05, 3.63) is 29.8 Å². The van der Waals surface area contributed by atoms with E-state index in [4.69, 9.17) is 11.0 Å². The summed E-state index contributed by atoms with van der Waals surface area (Å²) in [5, 5.41) is 13.8. The summed E-state index contributed by atoms with van der Waals surface area (Å²) >= 11 is 0. The summed E-state index contributed by atoms with van der Waals surface area (Å²) in [5.74, 6) is -1.87. The molecule has 0 aliphatic carbocycles. The highest BCUT2D eigenvalue weighted by atomic mass is 16.2. The summed E-state index contributed by atoms with van der Waals surface area (Å²) in [5.41, 5.74) is 5.99. The zero-order valence-electron chi connectivity index (χ0n) is 12.4. The van der Waals surface area contributed by atoms with Gasteiger partial charge in [0.2, 0.25) is 11.8 Å². The number of rotatable bonds is 6. The molecular formula is C15H18N4O3. The van der Waals surface area contributed by atoms with Gasteiger partial charge in [-0.3, -0.25) is 14.4 Å². The van der Waals surface area contributed by atoms with E-state index in [1.54, 1.807) is 25.1 Å². The van der Waals surface area contributed by atoms with E-state index in [-0.39, 0.29) is 17.9 Å². The largest absolute Gasteiger partial charge is 0.368 e. The van der Waals surface area contributed by atoms with Crippen LogP contribution in [0.3, 0.4) is 0 Å². The van der Waals surface area contributed by atoms with E-state index in [1.165, 1.54) is 13.0 Å². The molecule has 1 rings (SSSR count). The number of nitriles is 1. The van der Waals surface area contributed by atoms with Gasteiger partial charge in [0.1, 0.15) is 6.04 Å². The fraction of sp³-hybridized carbons (Fsp3) is 0.333. The summed E-state index contributed by atoms with van der Waals surface area (Å²) in [6.45, 7) is 3.00. The second kappa shape index (κ2) is 7.78. The van der Waals surface area contributed by atoms with Gasteiger partial charge >= 0.3 is 0 Å². The monoisotopic (exact) mass is 302 g/mol. The van der Waals surface area contributed by atoms with Crippen LogP contribution in [0.2, 0.25) is 0 Å². The quantitative estimate of drug-likeness (QED) is 0.717. The topological polar surface area (TPSA) is 125 Å². The second-order valence-electron chi connectivity index (χ2n) is 4.96. The molecule has 7 heteroatoms. The molecule has 0 aliphatic rings. The van der Waals surface area contributed by atoms with Gasteiger partial charge < -0.3 is 16.4 Å². The number of anilines is 1. The number of carbonyl (C=O) groups is 3. The smallest absolute Gasteiger partial charge is 0.252 e. The molecule has 1 aromatic rings. The Morgan fingerprint density at radius 2 is 2.05 bits per heavy atom. The number of nitrogens with one attached hydrogen (secondary N) is 2. The van der Waals surface area contributed by atoms with Crippen LogP contribution in [-0.4, -0.2) is 23.8 Å². The van der Waals surface area contributed by atoms with Gasteiger partial charge in [-0.05, 0) is 31.5 Å². The lowest BCUT2D eigenvalue weighted by molar-refractivity contribution is -0.120. The molecular weight excluding hydrogens is 284 g/mol. The van der Waals surface area contributed by atoms with E-state index in [0.717, 1.165) is 0 Å². The molecule has 7 nitrogen and oxygen atoms in total. The Morgan fingerprint density at radius 1 is 1.36 bits per heavy atom. The molecule has 0 saturated heterocycles. The summed E-state index contributed by atoms with van der Waals surface area (Å²) in [6, 6.07) is 7.35. The Bertz CT molecular complexity index is 621. The van der Waals surface area contributed by atoms with E-state index in [1.807, 2.05) is 6.07 Å². The van der Waals surface area contributed by atoms with Crippen LogP contribution in [0.4, 0.5) is 5.69 Å². The zero-order valence-corrected chi connectivity index (χ0v) is 12.4. The average molecular weight is 302 g/mol. The number of nitrogens with zero attached hydrogens (tertiary/aromatic N) is 1. The molecule has 3 amide bonds. The van der Waals surface area contributed by atoms with Crippen molar-refractivity contribution in [3.63, 3.8) is 0 Å². The second-order valence-corrected chi connectivity index (χ2v) is 4.96. The highest BCUT2D eigenvalue weighted by Gasteiger charge is 2.21. The Balaban J connectivity index is 2.84. The molecule has 2 atom stereocenters. The Morgan fingerprint density at radius 3 is 2.59 bits per heavy atom. The third kappa shape index (κ3) is 5.25. The van der Waals surface area contributed by atoms with Crippen LogP contribution >= 0.6 is 0 Å². The molecule has 22 heavy (non-hydrogen) atoms. The number of nitrogens with two attached hydrogens (primary N) is 1. The number of benzene rings is 1. The first-order valence-electron chi connectivity index (χ1n) is 6.71. The molecule has 0 spiro atoms. The molecule has 4 N–H and O–H groups in total. The van der Waals surface area contributed by atoms with Crippen LogP contribution in [0.25, 0.3) is 0 Å². The number of hydrogen-bond donors (Lipinski definition) is 3. The van der Waals surface area contributed by atoms with Gasteiger partial charge in [0.25, 0.3) is 5.91 Å². The molecule has 0 unspecified atom stereocenters. The minimum absolute atomic E-state index is 0.142. The molecule has 116 valence electrons. The zero-order chi connectivity index (χ0) is 16.7. The van der Waals surface area contributed by atoms with Gasteiger partial charge in [-0.15, -0.1) is 0 Å². The normalized spacial score (nSPS) is 12.6. The minimum atomic E-state index is -0.924. The third-order valence-electron chi connectivity index (χ3n) is 2.90. The summed E-state index contributed by atoms with van der Waals surface area (Å²) < 4.78 is 0. The van der Waals surface area contributed by atoms with Crippen LogP contribution in [0.1, 0.15) is 30.6 Å². The molecule has 0 aromatic heterocycles. The lowest BCUT2D eigenvalue weighted by Gasteiger charge is -2.16. The molecule has 0 heterocycles. The first-order chi connectivity index (χ1) is 10.3. The van der Waals surface area contributed by atoms with Gasteiger partial charge in [0, 0.05) is 24.1 Å². The van der Waals surface area contributed by atoms with Crippen molar-refractivity contribution in [1.82, 2.24) is 5.32 Å². The van der Waals surface area contributed by atoms with Crippen molar-refractivity contribution < 1.29 is 14.4 Å². The Hall–Kier alpha value is -2.88.